The average Bonchev–Trinajstić information content (AvgIpc) is 2.50. The van der Waals surface area contributed by atoms with Gasteiger partial charge in [-0.05, 0) is 50.8 Å². The van der Waals surface area contributed by atoms with Gasteiger partial charge in [0.1, 0.15) is 0 Å². The van der Waals surface area contributed by atoms with Gasteiger partial charge in [0.15, 0.2) is 0 Å². The van der Waals surface area contributed by atoms with Gasteiger partial charge in [-0.2, -0.15) is 0 Å². The Morgan fingerprint density at radius 1 is 1.41 bits per heavy atom. The van der Waals surface area contributed by atoms with Crippen molar-refractivity contribution in [3.8, 4) is 0 Å². The molecule has 22 heavy (non-hydrogen) atoms. The number of hydrogen-bond acceptors (Lipinski definition) is 3. The van der Waals surface area contributed by atoms with Crippen molar-refractivity contribution in [3.63, 3.8) is 0 Å². The highest BCUT2D eigenvalue weighted by atomic mass is 16.3. The van der Waals surface area contributed by atoms with Gasteiger partial charge >= 0.3 is 0 Å². The highest BCUT2D eigenvalue weighted by Gasteiger charge is 2.23. The number of nitrogens with zero attached hydrogens (tertiary/aromatic N) is 1. The number of aliphatic hydroxyl groups is 1. The molecule has 2 unspecified atom stereocenters. The number of amides is 1. The first-order chi connectivity index (χ1) is 10.6. The van der Waals surface area contributed by atoms with Crippen LogP contribution in [0.5, 0.6) is 0 Å². The van der Waals surface area contributed by atoms with E-state index < -0.39 is 0 Å². The van der Waals surface area contributed by atoms with Crippen LogP contribution in [0, 0.1) is 6.92 Å². The molecule has 2 rings (SSSR count). The van der Waals surface area contributed by atoms with Crippen LogP contribution in [0.15, 0.2) is 24.3 Å². The molecule has 0 saturated carbocycles. The summed E-state index contributed by atoms with van der Waals surface area (Å²) in [5, 5.41) is 12.5. The summed E-state index contributed by atoms with van der Waals surface area (Å²) in [4.78, 5) is 14.3. The molecular weight excluding hydrogens is 276 g/mol. The Labute approximate surface area is 133 Å². The highest BCUT2D eigenvalue weighted by Crippen LogP contribution is 2.16. The number of carbonyl (C=O) groups is 1. The van der Waals surface area contributed by atoms with Gasteiger partial charge < -0.3 is 10.4 Å². The standard InChI is InChI=1S/C18H28N2O2/c1-14-7-3-4-8-16(14)11-15(2)19-18(22)12-20-10-6-5-9-17(20)13-21/h3-4,7-8,15,17,21H,5-6,9-13H2,1-2H3,(H,19,22). The van der Waals surface area contributed by atoms with Crippen LogP contribution >= 0.6 is 0 Å². The second kappa shape index (κ2) is 8.30. The van der Waals surface area contributed by atoms with Crippen LogP contribution in [0.1, 0.15) is 37.3 Å². The fourth-order valence-corrected chi connectivity index (χ4v) is 3.20. The number of benzene rings is 1. The average molecular weight is 304 g/mol. The third-order valence-electron chi connectivity index (χ3n) is 4.50. The summed E-state index contributed by atoms with van der Waals surface area (Å²) in [6.07, 6.45) is 4.10. The van der Waals surface area contributed by atoms with Crippen molar-refractivity contribution in [2.24, 2.45) is 0 Å². The van der Waals surface area contributed by atoms with E-state index in [0.29, 0.717) is 6.54 Å². The molecule has 1 aliphatic heterocycles. The van der Waals surface area contributed by atoms with Crippen LogP contribution in [0.25, 0.3) is 0 Å². The molecular formula is C18H28N2O2. The van der Waals surface area contributed by atoms with Crippen molar-refractivity contribution < 1.29 is 9.90 Å². The zero-order valence-corrected chi connectivity index (χ0v) is 13.7. The summed E-state index contributed by atoms with van der Waals surface area (Å²) >= 11 is 0. The zero-order chi connectivity index (χ0) is 15.9. The molecule has 1 aromatic carbocycles. The van der Waals surface area contributed by atoms with Gasteiger partial charge in [-0.15, -0.1) is 0 Å². The minimum atomic E-state index is 0.0569. The summed E-state index contributed by atoms with van der Waals surface area (Å²) in [5.74, 6) is 0.0569. The molecule has 1 heterocycles. The Hall–Kier alpha value is -1.39. The normalized spacial score (nSPS) is 20.6. The van der Waals surface area contributed by atoms with E-state index in [1.807, 2.05) is 19.1 Å². The van der Waals surface area contributed by atoms with E-state index in [9.17, 15) is 9.90 Å². The third kappa shape index (κ3) is 4.82. The Kier molecular flexibility index (Phi) is 6.40. The van der Waals surface area contributed by atoms with E-state index in [4.69, 9.17) is 0 Å². The number of likely N-dealkylation sites (tertiary alicyclic amines) is 1. The molecule has 4 nitrogen and oxygen atoms in total. The molecule has 1 amide bonds. The van der Waals surface area contributed by atoms with Gasteiger partial charge in [-0.1, -0.05) is 30.7 Å². The van der Waals surface area contributed by atoms with Gasteiger partial charge in [-0.25, -0.2) is 0 Å². The minimum absolute atomic E-state index is 0.0569. The van der Waals surface area contributed by atoms with Gasteiger partial charge in [0, 0.05) is 12.1 Å². The van der Waals surface area contributed by atoms with Gasteiger partial charge in [0.2, 0.25) is 5.91 Å². The zero-order valence-electron chi connectivity index (χ0n) is 13.7. The summed E-state index contributed by atoms with van der Waals surface area (Å²) in [5.41, 5.74) is 2.54. The molecule has 0 radical (unpaired) electrons. The van der Waals surface area contributed by atoms with Crippen molar-refractivity contribution in [2.45, 2.75) is 51.6 Å². The van der Waals surface area contributed by atoms with Crippen molar-refractivity contribution in [3.05, 3.63) is 35.4 Å². The predicted octanol–water partition coefficient (Wildman–Crippen LogP) is 1.89. The van der Waals surface area contributed by atoms with Crippen LogP contribution < -0.4 is 5.32 Å². The van der Waals surface area contributed by atoms with E-state index in [1.54, 1.807) is 0 Å². The van der Waals surface area contributed by atoms with Crippen LogP contribution in [0.4, 0.5) is 0 Å². The first kappa shape index (κ1) is 17.0. The van der Waals surface area contributed by atoms with Crippen LogP contribution in [0.2, 0.25) is 0 Å². The maximum absolute atomic E-state index is 12.2. The topological polar surface area (TPSA) is 52.6 Å². The number of rotatable bonds is 6. The molecule has 0 aliphatic carbocycles. The Bertz CT molecular complexity index is 490. The van der Waals surface area contributed by atoms with Crippen molar-refractivity contribution >= 4 is 5.91 Å². The Balaban J connectivity index is 1.82. The van der Waals surface area contributed by atoms with E-state index in [1.165, 1.54) is 11.1 Å². The first-order valence-corrected chi connectivity index (χ1v) is 8.29. The predicted molar refractivity (Wildman–Crippen MR) is 88.8 cm³/mol. The van der Waals surface area contributed by atoms with Gasteiger partial charge in [0.05, 0.1) is 13.2 Å². The second-order valence-corrected chi connectivity index (χ2v) is 6.40. The number of aliphatic hydroxyl groups excluding tert-OH is 1. The van der Waals surface area contributed by atoms with Crippen molar-refractivity contribution in [2.75, 3.05) is 19.7 Å². The molecule has 0 bridgehead atoms. The smallest absolute Gasteiger partial charge is 0.234 e. The van der Waals surface area contributed by atoms with E-state index in [2.05, 4.69) is 29.3 Å². The quantitative estimate of drug-likeness (QED) is 0.844. The van der Waals surface area contributed by atoms with Crippen LogP contribution in [-0.2, 0) is 11.2 Å². The monoisotopic (exact) mass is 304 g/mol. The maximum atomic E-state index is 12.2. The molecule has 4 heteroatoms. The summed E-state index contributed by atoms with van der Waals surface area (Å²) in [6, 6.07) is 8.55. The fourth-order valence-electron chi connectivity index (χ4n) is 3.20. The molecule has 122 valence electrons. The lowest BCUT2D eigenvalue weighted by molar-refractivity contribution is -0.124. The molecule has 0 spiro atoms. The second-order valence-electron chi connectivity index (χ2n) is 6.40. The molecule has 1 aliphatic rings. The van der Waals surface area contributed by atoms with Gasteiger partial charge in [-0.3, -0.25) is 9.69 Å². The third-order valence-corrected chi connectivity index (χ3v) is 4.50. The maximum Gasteiger partial charge on any atom is 0.234 e. The lowest BCUT2D eigenvalue weighted by atomic mass is 10.0. The number of nitrogens with one attached hydrogen (secondary N) is 1. The Morgan fingerprint density at radius 2 is 2.18 bits per heavy atom. The molecule has 1 saturated heterocycles. The van der Waals surface area contributed by atoms with Gasteiger partial charge in [0.25, 0.3) is 0 Å². The molecule has 1 aromatic rings. The number of carbonyl (C=O) groups excluding carboxylic acids is 1. The lowest BCUT2D eigenvalue weighted by Gasteiger charge is -2.34. The van der Waals surface area contributed by atoms with E-state index >= 15 is 0 Å². The lowest BCUT2D eigenvalue weighted by Crippen LogP contribution is -2.48. The molecule has 2 N–H and O–H groups in total. The fraction of sp³-hybridized carbons (Fsp3) is 0.611. The van der Waals surface area contributed by atoms with Crippen molar-refractivity contribution in [1.82, 2.24) is 10.2 Å². The highest BCUT2D eigenvalue weighted by molar-refractivity contribution is 5.78. The number of piperidine rings is 1. The number of hydrogen-bond donors (Lipinski definition) is 2. The summed E-state index contributed by atoms with van der Waals surface area (Å²) < 4.78 is 0. The summed E-state index contributed by atoms with van der Waals surface area (Å²) in [6.45, 7) is 5.59. The van der Waals surface area contributed by atoms with Crippen LogP contribution in [-0.4, -0.2) is 47.7 Å². The summed E-state index contributed by atoms with van der Waals surface area (Å²) in [7, 11) is 0. The molecule has 1 fully saturated rings. The van der Waals surface area contributed by atoms with Crippen LogP contribution in [0.3, 0.4) is 0 Å². The van der Waals surface area contributed by atoms with Crippen molar-refractivity contribution in [1.29, 1.82) is 0 Å². The first-order valence-electron chi connectivity index (χ1n) is 8.29. The molecule has 2 atom stereocenters. The molecule has 0 aromatic heterocycles. The minimum Gasteiger partial charge on any atom is -0.395 e. The van der Waals surface area contributed by atoms with E-state index in [-0.39, 0.29) is 24.6 Å². The number of aryl methyl sites for hydroxylation is 1. The SMILES string of the molecule is Cc1ccccc1CC(C)NC(=O)CN1CCCCC1CO. The largest absolute Gasteiger partial charge is 0.395 e. The Morgan fingerprint density at radius 3 is 2.91 bits per heavy atom. The van der Waals surface area contributed by atoms with E-state index in [0.717, 1.165) is 32.2 Å².